The normalized spacial score (nSPS) is 36.8. The van der Waals surface area contributed by atoms with Crippen LogP contribution in [0.3, 0.4) is 0 Å². The van der Waals surface area contributed by atoms with E-state index in [-0.39, 0.29) is 29.0 Å². The van der Waals surface area contributed by atoms with Gasteiger partial charge in [0.05, 0.1) is 30.6 Å². The number of nitrogens with one attached hydrogen (secondary N) is 1. The van der Waals surface area contributed by atoms with Crippen molar-refractivity contribution in [3.63, 3.8) is 0 Å². The Labute approximate surface area is 117 Å². The van der Waals surface area contributed by atoms with Crippen LogP contribution in [0.25, 0.3) is 0 Å². The molecule has 0 aromatic heterocycles. The summed E-state index contributed by atoms with van der Waals surface area (Å²) in [4.78, 5) is 23.5. The Morgan fingerprint density at radius 3 is 2.47 bits per heavy atom. The quantitative estimate of drug-likeness (QED) is 0.771. The van der Waals surface area contributed by atoms with E-state index >= 15 is 0 Å². The molecule has 4 atom stereocenters. The molecule has 2 rings (SSSR count). The van der Waals surface area contributed by atoms with Crippen LogP contribution in [-0.4, -0.2) is 36.3 Å². The molecule has 0 unspecified atom stereocenters. The fourth-order valence-corrected chi connectivity index (χ4v) is 5.11. The molecule has 0 aromatic carbocycles. The highest BCUT2D eigenvalue weighted by molar-refractivity contribution is 8.01. The molecule has 0 aliphatic carbocycles. The van der Waals surface area contributed by atoms with Crippen molar-refractivity contribution in [2.24, 2.45) is 11.8 Å². The fourth-order valence-electron chi connectivity index (χ4n) is 3.15. The Morgan fingerprint density at radius 1 is 1.32 bits per heavy atom. The highest BCUT2D eigenvalue weighted by atomic mass is 32.2. The van der Waals surface area contributed by atoms with Crippen LogP contribution >= 0.6 is 11.8 Å². The molecule has 1 N–H and O–H groups in total. The van der Waals surface area contributed by atoms with Gasteiger partial charge in [0, 0.05) is 10.9 Å². The van der Waals surface area contributed by atoms with Crippen molar-refractivity contribution in [2.45, 2.75) is 30.9 Å². The molecule has 0 amide bonds. The minimum absolute atomic E-state index is 0.0153. The van der Waals surface area contributed by atoms with E-state index in [0.717, 1.165) is 5.70 Å². The summed E-state index contributed by atoms with van der Waals surface area (Å²) >= 11 is 1.60. The molecule has 19 heavy (non-hydrogen) atoms. The summed E-state index contributed by atoms with van der Waals surface area (Å²) in [5.41, 5.74) is 1.42. The van der Waals surface area contributed by atoms with Crippen molar-refractivity contribution in [1.29, 1.82) is 0 Å². The number of carbonyl (C=O) groups excluding carboxylic acids is 2. The summed E-state index contributed by atoms with van der Waals surface area (Å²) in [6.45, 7) is 5.81. The second-order valence-corrected chi connectivity index (χ2v) is 6.75. The van der Waals surface area contributed by atoms with Gasteiger partial charge in [-0.05, 0) is 19.8 Å². The first-order valence-electron chi connectivity index (χ1n) is 6.18. The highest BCUT2D eigenvalue weighted by Crippen LogP contribution is 2.55. The average molecular weight is 285 g/mol. The van der Waals surface area contributed by atoms with Gasteiger partial charge < -0.3 is 14.8 Å². The van der Waals surface area contributed by atoms with Crippen molar-refractivity contribution < 1.29 is 19.1 Å². The number of methoxy groups -OCH3 is 2. The summed E-state index contributed by atoms with van der Waals surface area (Å²) in [7, 11) is 2.77. The third kappa shape index (κ3) is 2.02. The number of ether oxygens (including phenoxy) is 2. The van der Waals surface area contributed by atoms with Crippen LogP contribution in [0.4, 0.5) is 0 Å². The molecule has 0 saturated carbocycles. The van der Waals surface area contributed by atoms with Crippen LogP contribution in [0.15, 0.2) is 11.3 Å². The summed E-state index contributed by atoms with van der Waals surface area (Å²) in [5.74, 6) is -0.843. The molecule has 2 aliphatic heterocycles. The number of rotatable bonds is 2. The monoisotopic (exact) mass is 285 g/mol. The minimum atomic E-state index is -0.432. The largest absolute Gasteiger partial charge is 0.469 e. The standard InChI is InChI=1S/C13H19NO4S/c1-6-9(12(16)18-5)13(3)14-7(2)8(10(6)19-13)11(15)17-4/h6,9-10,14H,1-5H3/t6-,9+,10+,13-/m1/s1. The van der Waals surface area contributed by atoms with Gasteiger partial charge in [0.25, 0.3) is 0 Å². The van der Waals surface area contributed by atoms with Crippen molar-refractivity contribution in [1.82, 2.24) is 5.32 Å². The van der Waals surface area contributed by atoms with Crippen molar-refractivity contribution in [3.8, 4) is 0 Å². The third-order valence-corrected chi connectivity index (χ3v) is 5.72. The molecule has 0 radical (unpaired) electrons. The Hall–Kier alpha value is -1.17. The Bertz CT molecular complexity index is 462. The second-order valence-electron chi connectivity index (χ2n) is 5.16. The molecule has 2 aliphatic rings. The zero-order chi connectivity index (χ0) is 14.4. The first kappa shape index (κ1) is 14.2. The molecule has 2 heterocycles. The number of carbonyl (C=O) groups is 2. The van der Waals surface area contributed by atoms with Gasteiger partial charge in [-0.3, -0.25) is 4.79 Å². The van der Waals surface area contributed by atoms with Crippen molar-refractivity contribution in [3.05, 3.63) is 11.3 Å². The van der Waals surface area contributed by atoms with Gasteiger partial charge in [0.1, 0.15) is 0 Å². The summed E-state index contributed by atoms with van der Waals surface area (Å²) < 4.78 is 9.76. The van der Waals surface area contributed by atoms with E-state index in [2.05, 4.69) is 5.32 Å². The summed E-state index contributed by atoms with van der Waals surface area (Å²) in [6, 6.07) is 0. The smallest absolute Gasteiger partial charge is 0.336 e. The fraction of sp³-hybridized carbons (Fsp3) is 0.692. The topological polar surface area (TPSA) is 64.6 Å². The van der Waals surface area contributed by atoms with Crippen LogP contribution in [0.5, 0.6) is 0 Å². The van der Waals surface area contributed by atoms with E-state index in [1.165, 1.54) is 14.2 Å². The van der Waals surface area contributed by atoms with E-state index in [4.69, 9.17) is 9.47 Å². The first-order chi connectivity index (χ1) is 8.85. The maximum absolute atomic E-state index is 12.0. The van der Waals surface area contributed by atoms with Gasteiger partial charge in [-0.15, -0.1) is 11.8 Å². The van der Waals surface area contributed by atoms with Crippen LogP contribution in [0.2, 0.25) is 0 Å². The SMILES string of the molecule is COC(=O)C1=C(C)N[C@]2(C)S[C@H]1[C@H](C)[C@H]2C(=O)OC. The predicted molar refractivity (Wildman–Crippen MR) is 72.3 cm³/mol. The molecule has 6 heteroatoms. The minimum Gasteiger partial charge on any atom is -0.469 e. The highest BCUT2D eigenvalue weighted by Gasteiger charge is 2.58. The molecular weight excluding hydrogens is 266 g/mol. The lowest BCUT2D eigenvalue weighted by Gasteiger charge is -2.35. The van der Waals surface area contributed by atoms with E-state index < -0.39 is 4.87 Å². The summed E-state index contributed by atoms with van der Waals surface area (Å²) in [6.07, 6.45) is 0. The van der Waals surface area contributed by atoms with Gasteiger partial charge in [-0.1, -0.05) is 6.92 Å². The van der Waals surface area contributed by atoms with Gasteiger partial charge in [0.2, 0.25) is 0 Å². The Kier molecular flexibility index (Phi) is 3.55. The number of allylic oxidation sites excluding steroid dienone is 1. The van der Waals surface area contributed by atoms with Crippen LogP contribution in [-0.2, 0) is 19.1 Å². The number of fused-ring (bicyclic) bond motifs is 2. The number of esters is 2. The Morgan fingerprint density at radius 2 is 1.95 bits per heavy atom. The zero-order valence-electron chi connectivity index (χ0n) is 11.8. The van der Waals surface area contributed by atoms with Crippen LogP contribution in [0, 0.1) is 11.8 Å². The Balaban J connectivity index is 2.42. The second kappa shape index (κ2) is 4.74. The molecule has 1 saturated heterocycles. The average Bonchev–Trinajstić information content (AvgIpc) is 2.56. The van der Waals surface area contributed by atoms with E-state index in [1.807, 2.05) is 20.8 Å². The third-order valence-electron chi connectivity index (χ3n) is 3.95. The maximum Gasteiger partial charge on any atom is 0.336 e. The lowest BCUT2D eigenvalue weighted by atomic mass is 9.85. The van der Waals surface area contributed by atoms with Crippen LogP contribution in [0.1, 0.15) is 20.8 Å². The lowest BCUT2D eigenvalue weighted by Crippen LogP contribution is -2.47. The van der Waals surface area contributed by atoms with Gasteiger partial charge in [-0.2, -0.15) is 0 Å². The van der Waals surface area contributed by atoms with E-state index in [0.29, 0.717) is 5.57 Å². The maximum atomic E-state index is 12.0. The first-order valence-corrected chi connectivity index (χ1v) is 7.06. The predicted octanol–water partition coefficient (Wildman–Crippen LogP) is 1.29. The molecule has 0 spiro atoms. The molecule has 2 bridgehead atoms. The van der Waals surface area contributed by atoms with Gasteiger partial charge >= 0.3 is 11.9 Å². The molecular formula is C13H19NO4S. The van der Waals surface area contributed by atoms with E-state index in [1.54, 1.807) is 11.8 Å². The summed E-state index contributed by atoms with van der Waals surface area (Å²) in [5, 5.41) is 3.25. The number of thioether (sulfide) groups is 1. The van der Waals surface area contributed by atoms with Crippen molar-refractivity contribution in [2.75, 3.05) is 14.2 Å². The van der Waals surface area contributed by atoms with Gasteiger partial charge in [0.15, 0.2) is 0 Å². The number of hydrogen-bond donors (Lipinski definition) is 1. The van der Waals surface area contributed by atoms with Crippen LogP contribution < -0.4 is 5.32 Å². The van der Waals surface area contributed by atoms with Gasteiger partial charge in [-0.25, -0.2) is 4.79 Å². The lowest BCUT2D eigenvalue weighted by molar-refractivity contribution is -0.148. The molecule has 5 nitrogen and oxygen atoms in total. The molecule has 0 aromatic rings. The zero-order valence-corrected chi connectivity index (χ0v) is 12.6. The van der Waals surface area contributed by atoms with E-state index in [9.17, 15) is 9.59 Å². The molecule has 106 valence electrons. The molecule has 1 fully saturated rings. The van der Waals surface area contributed by atoms with Crippen molar-refractivity contribution >= 4 is 23.7 Å². The number of hydrogen-bond acceptors (Lipinski definition) is 6.